The Labute approximate surface area is 123 Å². The van der Waals surface area contributed by atoms with Crippen LogP contribution in [-0.2, 0) is 0 Å². The zero-order valence-electron chi connectivity index (χ0n) is 12.0. The molecule has 1 fully saturated rings. The summed E-state index contributed by atoms with van der Waals surface area (Å²) in [7, 11) is 0. The topological polar surface area (TPSA) is 60.2 Å². The molecule has 0 radical (unpaired) electrons. The van der Waals surface area contributed by atoms with Gasteiger partial charge in [0.25, 0.3) is 5.91 Å². The minimum absolute atomic E-state index is 0.0120. The summed E-state index contributed by atoms with van der Waals surface area (Å²) >= 11 is 1.50. The third-order valence-corrected chi connectivity index (χ3v) is 4.37. The second-order valence-corrected chi connectivity index (χ2v) is 6.08. The van der Waals surface area contributed by atoms with Crippen molar-refractivity contribution >= 4 is 17.2 Å². The lowest BCUT2D eigenvalue weighted by Gasteiger charge is -2.36. The highest BCUT2D eigenvalue weighted by atomic mass is 32.1. The molecule has 0 spiro atoms. The average molecular weight is 292 g/mol. The van der Waals surface area contributed by atoms with Crippen LogP contribution in [0, 0.1) is 18.3 Å². The summed E-state index contributed by atoms with van der Waals surface area (Å²) in [5.41, 5.74) is 0.548. The van der Waals surface area contributed by atoms with Gasteiger partial charge in [-0.2, -0.15) is 5.26 Å². The van der Waals surface area contributed by atoms with E-state index in [0.29, 0.717) is 18.8 Å². The van der Waals surface area contributed by atoms with Gasteiger partial charge in [-0.3, -0.25) is 9.69 Å². The molecule has 1 saturated heterocycles. The third kappa shape index (κ3) is 3.35. The molecule has 1 unspecified atom stereocenters. The molecular weight excluding hydrogens is 272 g/mol. The van der Waals surface area contributed by atoms with Crippen LogP contribution < -0.4 is 0 Å². The first-order valence-corrected chi connectivity index (χ1v) is 7.88. The van der Waals surface area contributed by atoms with E-state index in [1.165, 1.54) is 11.3 Å². The van der Waals surface area contributed by atoms with E-state index in [9.17, 15) is 10.1 Å². The molecule has 0 bridgehead atoms. The van der Waals surface area contributed by atoms with Gasteiger partial charge in [0.2, 0.25) is 0 Å². The van der Waals surface area contributed by atoms with E-state index in [0.717, 1.165) is 30.9 Å². The predicted octanol–water partition coefficient (Wildman–Crippen LogP) is 1.90. The van der Waals surface area contributed by atoms with Crippen molar-refractivity contribution in [3.05, 3.63) is 16.1 Å². The number of carbonyl (C=O) groups is 1. The average Bonchev–Trinajstić information content (AvgIpc) is 2.91. The molecule has 2 rings (SSSR count). The number of thiazole rings is 1. The third-order valence-electron chi connectivity index (χ3n) is 3.59. The lowest BCUT2D eigenvalue weighted by atomic mass is 10.1. The molecule has 1 aliphatic rings. The Morgan fingerprint density at radius 3 is 2.70 bits per heavy atom. The summed E-state index contributed by atoms with van der Waals surface area (Å²) in [6.07, 6.45) is 1.91. The van der Waals surface area contributed by atoms with Crippen LogP contribution in [0.3, 0.4) is 0 Å². The largest absolute Gasteiger partial charge is 0.335 e. The van der Waals surface area contributed by atoms with Crippen molar-refractivity contribution in [2.24, 2.45) is 0 Å². The smallest absolute Gasteiger partial charge is 0.273 e. The SMILES string of the molecule is CCCC(C#N)N1CCN(C(=O)c2csc(C)n2)CC1. The Morgan fingerprint density at radius 2 is 2.20 bits per heavy atom. The maximum atomic E-state index is 12.3. The first-order valence-electron chi connectivity index (χ1n) is 7.00. The predicted molar refractivity (Wildman–Crippen MR) is 78.6 cm³/mol. The van der Waals surface area contributed by atoms with Gasteiger partial charge >= 0.3 is 0 Å². The van der Waals surface area contributed by atoms with Crippen molar-refractivity contribution in [1.29, 1.82) is 5.26 Å². The fraction of sp³-hybridized carbons (Fsp3) is 0.643. The Hall–Kier alpha value is -1.45. The Morgan fingerprint density at radius 1 is 1.50 bits per heavy atom. The molecule has 0 aromatic carbocycles. The molecule has 2 heterocycles. The van der Waals surface area contributed by atoms with Crippen molar-refractivity contribution < 1.29 is 4.79 Å². The molecule has 1 aromatic rings. The van der Waals surface area contributed by atoms with Gasteiger partial charge < -0.3 is 4.90 Å². The van der Waals surface area contributed by atoms with Crippen molar-refractivity contribution in [2.45, 2.75) is 32.7 Å². The Balaban J connectivity index is 1.91. The van der Waals surface area contributed by atoms with Gasteiger partial charge in [-0.15, -0.1) is 11.3 Å². The number of aryl methyl sites for hydroxylation is 1. The van der Waals surface area contributed by atoms with Gasteiger partial charge in [0.05, 0.1) is 17.1 Å². The lowest BCUT2D eigenvalue weighted by Crippen LogP contribution is -2.51. The number of hydrogen-bond donors (Lipinski definition) is 0. The van der Waals surface area contributed by atoms with Gasteiger partial charge in [-0.05, 0) is 13.3 Å². The van der Waals surface area contributed by atoms with Crippen LogP contribution in [0.2, 0.25) is 0 Å². The van der Waals surface area contributed by atoms with Gasteiger partial charge in [-0.1, -0.05) is 13.3 Å². The van der Waals surface area contributed by atoms with Crippen LogP contribution in [0.1, 0.15) is 35.3 Å². The van der Waals surface area contributed by atoms with E-state index in [-0.39, 0.29) is 11.9 Å². The molecular formula is C14H20N4OS. The summed E-state index contributed by atoms with van der Waals surface area (Å²) in [6, 6.07) is 2.35. The first kappa shape index (κ1) is 14.9. The lowest BCUT2D eigenvalue weighted by molar-refractivity contribution is 0.0596. The molecule has 108 valence electrons. The highest BCUT2D eigenvalue weighted by Gasteiger charge is 2.26. The standard InChI is InChI=1S/C14H20N4OS/c1-3-4-12(9-15)17-5-7-18(8-6-17)14(19)13-10-20-11(2)16-13/h10,12H,3-8H2,1-2H3. The summed E-state index contributed by atoms with van der Waals surface area (Å²) in [4.78, 5) is 20.5. The molecule has 5 nitrogen and oxygen atoms in total. The van der Waals surface area contributed by atoms with Gasteiger partial charge in [0.1, 0.15) is 5.69 Å². The van der Waals surface area contributed by atoms with Crippen LogP contribution in [0.5, 0.6) is 0 Å². The van der Waals surface area contributed by atoms with Crippen molar-refractivity contribution in [3.8, 4) is 6.07 Å². The number of aromatic nitrogens is 1. The van der Waals surface area contributed by atoms with E-state index in [4.69, 9.17) is 0 Å². The number of amides is 1. The number of nitrogens with zero attached hydrogens (tertiary/aromatic N) is 4. The van der Waals surface area contributed by atoms with Crippen LogP contribution in [0.4, 0.5) is 0 Å². The summed E-state index contributed by atoms with van der Waals surface area (Å²) in [6.45, 7) is 6.89. The molecule has 1 atom stereocenters. The number of piperazine rings is 1. The molecule has 0 N–H and O–H groups in total. The number of carbonyl (C=O) groups excluding carboxylic acids is 1. The quantitative estimate of drug-likeness (QED) is 0.850. The van der Waals surface area contributed by atoms with E-state index in [2.05, 4.69) is 22.9 Å². The number of nitriles is 1. The van der Waals surface area contributed by atoms with E-state index in [1.54, 1.807) is 0 Å². The second-order valence-electron chi connectivity index (χ2n) is 5.01. The van der Waals surface area contributed by atoms with Gasteiger partial charge in [-0.25, -0.2) is 4.98 Å². The molecule has 1 aromatic heterocycles. The molecule has 1 aliphatic heterocycles. The maximum absolute atomic E-state index is 12.3. The minimum Gasteiger partial charge on any atom is -0.335 e. The molecule has 0 aliphatic carbocycles. The second kappa shape index (κ2) is 6.82. The minimum atomic E-state index is -0.0150. The van der Waals surface area contributed by atoms with Gasteiger partial charge in [0.15, 0.2) is 0 Å². The van der Waals surface area contributed by atoms with Crippen molar-refractivity contribution in [2.75, 3.05) is 26.2 Å². The van der Waals surface area contributed by atoms with Crippen LogP contribution in [0.25, 0.3) is 0 Å². The monoisotopic (exact) mass is 292 g/mol. The fourth-order valence-electron chi connectivity index (χ4n) is 2.46. The zero-order valence-corrected chi connectivity index (χ0v) is 12.8. The highest BCUT2D eigenvalue weighted by Crippen LogP contribution is 2.14. The Bertz CT molecular complexity index is 500. The highest BCUT2D eigenvalue weighted by molar-refractivity contribution is 7.09. The Kier molecular flexibility index (Phi) is 5.10. The van der Waals surface area contributed by atoms with E-state index < -0.39 is 0 Å². The molecule has 6 heteroatoms. The number of hydrogen-bond acceptors (Lipinski definition) is 5. The fourth-order valence-corrected chi connectivity index (χ4v) is 3.05. The van der Waals surface area contributed by atoms with Crippen LogP contribution in [0.15, 0.2) is 5.38 Å². The maximum Gasteiger partial charge on any atom is 0.273 e. The van der Waals surface area contributed by atoms with E-state index >= 15 is 0 Å². The van der Waals surface area contributed by atoms with E-state index in [1.807, 2.05) is 17.2 Å². The normalized spacial score (nSPS) is 17.8. The number of rotatable bonds is 4. The van der Waals surface area contributed by atoms with Crippen LogP contribution >= 0.6 is 11.3 Å². The summed E-state index contributed by atoms with van der Waals surface area (Å²) in [5, 5.41) is 11.9. The van der Waals surface area contributed by atoms with Crippen molar-refractivity contribution in [3.63, 3.8) is 0 Å². The molecule has 0 saturated carbocycles. The molecule has 20 heavy (non-hydrogen) atoms. The first-order chi connectivity index (χ1) is 9.65. The molecule has 1 amide bonds. The zero-order chi connectivity index (χ0) is 14.5. The summed E-state index contributed by atoms with van der Waals surface area (Å²) in [5.74, 6) is 0.0120. The van der Waals surface area contributed by atoms with Crippen LogP contribution in [-0.4, -0.2) is 52.9 Å². The van der Waals surface area contributed by atoms with Crippen molar-refractivity contribution in [1.82, 2.24) is 14.8 Å². The summed E-state index contributed by atoms with van der Waals surface area (Å²) < 4.78 is 0. The van der Waals surface area contributed by atoms with Gasteiger partial charge in [0, 0.05) is 31.6 Å².